The number of ether oxygens (including phenoxy) is 3. The first-order valence-electron chi connectivity index (χ1n) is 10.5. The molecule has 0 saturated heterocycles. The Morgan fingerprint density at radius 2 is 1.74 bits per heavy atom. The van der Waals surface area contributed by atoms with Gasteiger partial charge in [-0.15, -0.1) is 0 Å². The molecule has 172 valence electrons. The van der Waals surface area contributed by atoms with Crippen LogP contribution in [0.5, 0.6) is 5.75 Å². The minimum Gasteiger partial charge on any atom is -0.496 e. The van der Waals surface area contributed by atoms with Crippen LogP contribution in [0.4, 0.5) is 0 Å². The number of hydrogen-bond donors (Lipinski definition) is 1. The van der Waals surface area contributed by atoms with Gasteiger partial charge in [-0.25, -0.2) is 9.59 Å². The van der Waals surface area contributed by atoms with Crippen LogP contribution in [-0.2, 0) is 20.7 Å². The van der Waals surface area contributed by atoms with Gasteiger partial charge in [0.1, 0.15) is 11.9 Å². The summed E-state index contributed by atoms with van der Waals surface area (Å²) in [5, 5.41) is 2.16. The zero-order valence-electron chi connectivity index (χ0n) is 18.3. The topological polar surface area (TPSA) is 108 Å². The van der Waals surface area contributed by atoms with Gasteiger partial charge in [0.2, 0.25) is 0 Å². The summed E-state index contributed by atoms with van der Waals surface area (Å²) < 4.78 is 15.7. The Balaban J connectivity index is 1.39. The number of carbonyl (C=O) groups excluding carboxylic acids is 4. The lowest BCUT2D eigenvalue weighted by atomic mass is 9.93. The number of amides is 2. The van der Waals surface area contributed by atoms with Crippen LogP contribution in [0, 0.1) is 0 Å². The van der Waals surface area contributed by atoms with Gasteiger partial charge in [-0.1, -0.05) is 42.5 Å². The second-order valence-corrected chi connectivity index (χ2v) is 7.53. The number of esters is 2. The van der Waals surface area contributed by atoms with E-state index in [-0.39, 0.29) is 11.1 Å². The molecule has 0 spiro atoms. The summed E-state index contributed by atoms with van der Waals surface area (Å²) in [6.45, 7) is -0.647. The van der Waals surface area contributed by atoms with Gasteiger partial charge in [-0.05, 0) is 41.5 Å². The van der Waals surface area contributed by atoms with Gasteiger partial charge < -0.3 is 14.2 Å². The zero-order chi connectivity index (χ0) is 24.1. The summed E-state index contributed by atoms with van der Waals surface area (Å²) in [7, 11) is 1.41. The summed E-state index contributed by atoms with van der Waals surface area (Å²) in [5.74, 6) is -2.36. The highest BCUT2D eigenvalue weighted by Gasteiger charge is 2.28. The van der Waals surface area contributed by atoms with Crippen molar-refractivity contribution in [1.29, 1.82) is 0 Å². The molecule has 1 aliphatic rings. The smallest absolute Gasteiger partial charge is 0.339 e. The Morgan fingerprint density at radius 3 is 2.50 bits per heavy atom. The van der Waals surface area contributed by atoms with Crippen molar-refractivity contribution < 1.29 is 33.4 Å². The number of hydrogen-bond acceptors (Lipinski definition) is 7. The van der Waals surface area contributed by atoms with Gasteiger partial charge in [0, 0.05) is 6.42 Å². The van der Waals surface area contributed by atoms with Crippen LogP contribution < -0.4 is 10.1 Å². The third-order valence-corrected chi connectivity index (χ3v) is 5.33. The molecule has 8 heteroatoms. The molecule has 1 heterocycles. The Hall–Kier alpha value is -4.46. The molecule has 2 amide bonds. The predicted molar refractivity (Wildman–Crippen MR) is 120 cm³/mol. The fourth-order valence-corrected chi connectivity index (χ4v) is 3.65. The zero-order valence-corrected chi connectivity index (χ0v) is 18.3. The molecule has 0 radical (unpaired) electrons. The molecular weight excluding hydrogens is 438 g/mol. The number of carbonyl (C=O) groups is 4. The normalized spacial score (nSPS) is 14.4. The van der Waals surface area contributed by atoms with Crippen molar-refractivity contribution in [2.75, 3.05) is 13.7 Å². The molecule has 1 unspecified atom stereocenters. The maximum Gasteiger partial charge on any atom is 0.339 e. The molecule has 3 aromatic rings. The van der Waals surface area contributed by atoms with E-state index in [2.05, 4.69) is 5.32 Å². The lowest BCUT2D eigenvalue weighted by molar-refractivity contribution is -0.123. The van der Waals surface area contributed by atoms with Crippen LogP contribution in [0.25, 0.3) is 0 Å². The van der Waals surface area contributed by atoms with Crippen molar-refractivity contribution in [3.8, 4) is 5.75 Å². The van der Waals surface area contributed by atoms with Gasteiger partial charge in [-0.2, -0.15) is 0 Å². The third kappa shape index (κ3) is 4.96. The van der Waals surface area contributed by atoms with Crippen molar-refractivity contribution in [2.24, 2.45) is 0 Å². The molecular formula is C26H21NO7. The average molecular weight is 459 g/mol. The summed E-state index contributed by atoms with van der Waals surface area (Å²) in [4.78, 5) is 49.3. The van der Waals surface area contributed by atoms with Gasteiger partial charge in [0.25, 0.3) is 11.8 Å². The molecule has 1 aliphatic heterocycles. The van der Waals surface area contributed by atoms with E-state index in [9.17, 15) is 19.2 Å². The fraction of sp³-hybridized carbons (Fsp3) is 0.154. The molecule has 3 aromatic carbocycles. The quantitative estimate of drug-likeness (QED) is 0.564. The van der Waals surface area contributed by atoms with E-state index in [1.807, 2.05) is 30.3 Å². The fourth-order valence-electron chi connectivity index (χ4n) is 3.65. The molecule has 4 rings (SSSR count). The minimum absolute atomic E-state index is 0.180. The third-order valence-electron chi connectivity index (χ3n) is 5.33. The number of fused-ring (bicyclic) bond motifs is 1. The Labute approximate surface area is 195 Å². The first kappa shape index (κ1) is 22.7. The number of para-hydroxylation sites is 1. The lowest BCUT2D eigenvalue weighted by Gasteiger charge is -2.25. The predicted octanol–water partition coefficient (Wildman–Crippen LogP) is 3.26. The second-order valence-electron chi connectivity index (χ2n) is 7.53. The molecule has 0 fully saturated rings. The second kappa shape index (κ2) is 9.99. The average Bonchev–Trinajstić information content (AvgIpc) is 2.87. The molecule has 0 bridgehead atoms. The summed E-state index contributed by atoms with van der Waals surface area (Å²) in [6.07, 6.45) is -0.0562. The highest BCUT2D eigenvalue weighted by atomic mass is 16.5. The van der Waals surface area contributed by atoms with E-state index in [1.54, 1.807) is 24.3 Å². The number of methoxy groups -OCH3 is 1. The summed E-state index contributed by atoms with van der Waals surface area (Å²) >= 11 is 0. The van der Waals surface area contributed by atoms with Crippen LogP contribution in [0.15, 0.2) is 72.8 Å². The van der Waals surface area contributed by atoms with Gasteiger partial charge in [0.15, 0.2) is 6.61 Å². The molecule has 1 atom stereocenters. The van der Waals surface area contributed by atoms with Crippen molar-refractivity contribution in [3.05, 3.63) is 101 Å². The number of rotatable bonds is 6. The van der Waals surface area contributed by atoms with Crippen LogP contribution in [0.2, 0.25) is 0 Å². The van der Waals surface area contributed by atoms with E-state index in [0.29, 0.717) is 23.3 Å². The van der Waals surface area contributed by atoms with Crippen molar-refractivity contribution in [1.82, 2.24) is 5.32 Å². The maximum absolute atomic E-state index is 12.5. The van der Waals surface area contributed by atoms with Crippen LogP contribution >= 0.6 is 0 Å². The van der Waals surface area contributed by atoms with Crippen molar-refractivity contribution in [2.45, 2.75) is 12.5 Å². The number of cyclic esters (lactones) is 1. The standard InChI is InChI=1S/C26H21NO7/c1-32-21-10-6-5-9-20(21)24(29)27-23(28)15-33-25(30)17-11-12-19-18(13-17)14-22(34-26(19)31)16-7-3-2-4-8-16/h2-13,22H,14-15H2,1H3,(H,27,28,29). The first-order valence-corrected chi connectivity index (χ1v) is 10.5. The maximum atomic E-state index is 12.5. The van der Waals surface area contributed by atoms with Crippen molar-refractivity contribution >= 4 is 23.8 Å². The van der Waals surface area contributed by atoms with Crippen LogP contribution in [-0.4, -0.2) is 37.5 Å². The highest BCUT2D eigenvalue weighted by molar-refractivity contribution is 6.07. The minimum atomic E-state index is -0.782. The summed E-state index contributed by atoms with van der Waals surface area (Å²) in [6, 6.07) is 20.2. The molecule has 0 saturated carbocycles. The van der Waals surface area contributed by atoms with Gasteiger partial charge in [0.05, 0.1) is 23.8 Å². The number of nitrogens with one attached hydrogen (secondary N) is 1. The lowest BCUT2D eigenvalue weighted by Crippen LogP contribution is -2.34. The van der Waals surface area contributed by atoms with Crippen LogP contribution in [0.1, 0.15) is 48.3 Å². The Bertz CT molecular complexity index is 1250. The van der Waals surface area contributed by atoms with E-state index >= 15 is 0 Å². The van der Waals surface area contributed by atoms with E-state index in [4.69, 9.17) is 14.2 Å². The van der Waals surface area contributed by atoms with Crippen LogP contribution in [0.3, 0.4) is 0 Å². The van der Waals surface area contributed by atoms with Crippen molar-refractivity contribution in [3.63, 3.8) is 0 Å². The molecule has 1 N–H and O–H groups in total. The monoisotopic (exact) mass is 459 g/mol. The largest absolute Gasteiger partial charge is 0.496 e. The van der Waals surface area contributed by atoms with E-state index < -0.39 is 36.5 Å². The molecule has 8 nitrogen and oxygen atoms in total. The number of imide groups is 1. The molecule has 0 aliphatic carbocycles. The van der Waals surface area contributed by atoms with E-state index in [1.165, 1.54) is 25.3 Å². The SMILES string of the molecule is COc1ccccc1C(=O)NC(=O)COC(=O)c1ccc2c(c1)CC(c1ccccc1)OC2=O. The van der Waals surface area contributed by atoms with Gasteiger partial charge >= 0.3 is 11.9 Å². The Kier molecular flexibility index (Phi) is 6.68. The van der Waals surface area contributed by atoms with E-state index in [0.717, 1.165) is 5.56 Å². The van der Waals surface area contributed by atoms with Gasteiger partial charge in [-0.3, -0.25) is 14.9 Å². The number of benzene rings is 3. The first-order chi connectivity index (χ1) is 16.5. The molecule has 0 aromatic heterocycles. The Morgan fingerprint density at radius 1 is 1.00 bits per heavy atom. The summed E-state index contributed by atoms with van der Waals surface area (Å²) in [5.41, 5.74) is 2.24. The molecule has 34 heavy (non-hydrogen) atoms. The highest BCUT2D eigenvalue weighted by Crippen LogP contribution is 2.31.